The van der Waals surface area contributed by atoms with Crippen LogP contribution in [0.25, 0.3) is 0 Å². The van der Waals surface area contributed by atoms with Crippen molar-refractivity contribution in [3.05, 3.63) is 0 Å². The van der Waals surface area contributed by atoms with Crippen molar-refractivity contribution in [1.82, 2.24) is 10.6 Å². The Balaban J connectivity index is 4.43. The van der Waals surface area contributed by atoms with Gasteiger partial charge in [-0.15, -0.1) is 0 Å². The predicted molar refractivity (Wildman–Crippen MR) is 81.0 cm³/mol. The van der Waals surface area contributed by atoms with E-state index in [0.29, 0.717) is 6.61 Å². The van der Waals surface area contributed by atoms with E-state index in [1.165, 1.54) is 6.92 Å². The van der Waals surface area contributed by atoms with E-state index in [0.717, 1.165) is 19.3 Å². The lowest BCUT2D eigenvalue weighted by atomic mass is 9.97. The minimum atomic E-state index is -1.16. The average Bonchev–Trinajstić information content (AvgIpc) is 2.33. The van der Waals surface area contributed by atoms with E-state index in [1.54, 1.807) is 27.7 Å². The summed E-state index contributed by atoms with van der Waals surface area (Å²) < 4.78 is 5.01. The third-order valence-electron chi connectivity index (χ3n) is 3.27. The number of carbonyl (C=O) groups excluding carboxylic acids is 3. The number of alkyl carbamates (subject to hydrolysis) is 1. The van der Waals surface area contributed by atoms with Crippen molar-refractivity contribution in [2.24, 2.45) is 0 Å². The number of Topliss-reactive ketones (excluding diaryl/α,β-unsaturated/α-hetero) is 1. The van der Waals surface area contributed by atoms with Crippen LogP contribution >= 0.6 is 0 Å². The first-order valence-corrected chi connectivity index (χ1v) is 7.31. The van der Waals surface area contributed by atoms with Crippen LogP contribution in [0.15, 0.2) is 0 Å². The van der Waals surface area contributed by atoms with Gasteiger partial charge in [-0.25, -0.2) is 4.79 Å². The summed E-state index contributed by atoms with van der Waals surface area (Å²) in [5.74, 6) is -0.595. The summed E-state index contributed by atoms with van der Waals surface area (Å²) in [5, 5.41) is 5.13. The largest absolute Gasteiger partial charge is 0.450 e. The fraction of sp³-hybridized carbons (Fsp3) is 0.800. The molecule has 0 bridgehead atoms. The Bertz CT molecular complexity index is 389. The van der Waals surface area contributed by atoms with Crippen molar-refractivity contribution in [2.75, 3.05) is 6.61 Å². The average molecular weight is 300 g/mol. The number of ether oxygens (including phenoxy) is 1. The molecule has 21 heavy (non-hydrogen) atoms. The van der Waals surface area contributed by atoms with Gasteiger partial charge in [0.15, 0.2) is 5.78 Å². The van der Waals surface area contributed by atoms with Crippen LogP contribution in [0.4, 0.5) is 4.79 Å². The molecule has 0 fully saturated rings. The van der Waals surface area contributed by atoms with Gasteiger partial charge < -0.3 is 15.4 Å². The summed E-state index contributed by atoms with van der Waals surface area (Å²) in [6.07, 6.45) is 2.20. The number of hydrogen-bond donors (Lipinski definition) is 2. The Morgan fingerprint density at radius 1 is 0.952 bits per heavy atom. The number of ketones is 1. The van der Waals surface area contributed by atoms with Gasteiger partial charge in [-0.2, -0.15) is 0 Å². The smallest absolute Gasteiger partial charge is 0.407 e. The van der Waals surface area contributed by atoms with Gasteiger partial charge in [-0.3, -0.25) is 9.59 Å². The molecule has 122 valence electrons. The van der Waals surface area contributed by atoms with Crippen molar-refractivity contribution in [2.45, 2.75) is 71.9 Å². The molecule has 0 aliphatic carbocycles. The molecule has 2 amide bonds. The number of carbonyl (C=O) groups is 3. The van der Waals surface area contributed by atoms with Gasteiger partial charge in [0.2, 0.25) is 5.91 Å². The first-order chi connectivity index (χ1) is 9.53. The Morgan fingerprint density at radius 3 is 2.00 bits per heavy atom. The Hall–Kier alpha value is -1.59. The molecule has 0 unspecified atom stereocenters. The van der Waals surface area contributed by atoms with E-state index in [2.05, 4.69) is 17.6 Å². The number of nitrogens with one attached hydrogen (secondary N) is 2. The molecule has 0 aliphatic rings. The highest BCUT2D eigenvalue weighted by Crippen LogP contribution is 2.09. The second kappa shape index (κ2) is 8.00. The number of hydrogen-bond acceptors (Lipinski definition) is 4. The van der Waals surface area contributed by atoms with Crippen LogP contribution in [-0.2, 0) is 14.3 Å². The molecule has 0 saturated heterocycles. The van der Waals surface area contributed by atoms with E-state index < -0.39 is 23.1 Å². The highest BCUT2D eigenvalue weighted by molar-refractivity contribution is 5.95. The monoisotopic (exact) mass is 300 g/mol. The van der Waals surface area contributed by atoms with Gasteiger partial charge in [0.25, 0.3) is 0 Å². The fourth-order valence-electron chi connectivity index (χ4n) is 1.39. The summed E-state index contributed by atoms with van der Waals surface area (Å²) in [5.41, 5.74) is -2.13. The zero-order valence-corrected chi connectivity index (χ0v) is 14.0. The van der Waals surface area contributed by atoms with Crippen molar-refractivity contribution in [3.8, 4) is 0 Å². The third kappa shape index (κ3) is 7.11. The molecule has 6 heteroatoms. The van der Waals surface area contributed by atoms with Gasteiger partial charge in [0.05, 0.1) is 12.1 Å². The molecule has 0 aromatic carbocycles. The Kier molecular flexibility index (Phi) is 7.39. The molecule has 0 aliphatic heterocycles. The maximum atomic E-state index is 12.2. The standard InChI is InChI=1S/C15H28N2O4/c1-7-8-9-10-21-13(20)17-15(5,6)12(19)16-14(3,4)11(2)18/h7-10H2,1-6H3,(H,16,19)(H,17,20). The minimum Gasteiger partial charge on any atom is -0.450 e. The van der Waals surface area contributed by atoms with Gasteiger partial charge in [-0.05, 0) is 41.0 Å². The first-order valence-electron chi connectivity index (χ1n) is 7.31. The molecule has 0 aromatic heterocycles. The molecular formula is C15H28N2O4. The van der Waals surface area contributed by atoms with Crippen LogP contribution in [-0.4, -0.2) is 35.5 Å². The summed E-state index contributed by atoms with van der Waals surface area (Å²) in [6.45, 7) is 10.2. The van der Waals surface area contributed by atoms with Gasteiger partial charge >= 0.3 is 6.09 Å². The predicted octanol–water partition coefficient (Wildman–Crippen LogP) is 2.17. The van der Waals surface area contributed by atoms with E-state index in [9.17, 15) is 14.4 Å². The van der Waals surface area contributed by atoms with Crippen LogP contribution in [0.5, 0.6) is 0 Å². The zero-order valence-electron chi connectivity index (χ0n) is 14.0. The molecule has 0 rings (SSSR count). The third-order valence-corrected chi connectivity index (χ3v) is 3.27. The topological polar surface area (TPSA) is 84.5 Å². The fourth-order valence-corrected chi connectivity index (χ4v) is 1.39. The van der Waals surface area contributed by atoms with Gasteiger partial charge in [0.1, 0.15) is 5.54 Å². The normalized spacial score (nSPS) is 11.7. The molecule has 0 spiro atoms. The molecule has 6 nitrogen and oxygen atoms in total. The SMILES string of the molecule is CCCCCOC(=O)NC(C)(C)C(=O)NC(C)(C)C(C)=O. The molecule has 2 N–H and O–H groups in total. The molecule has 0 atom stereocenters. The highest BCUT2D eigenvalue weighted by atomic mass is 16.5. The maximum absolute atomic E-state index is 12.2. The first kappa shape index (κ1) is 19.4. The second-order valence-corrected chi connectivity index (χ2v) is 6.23. The van der Waals surface area contributed by atoms with E-state index in [1.807, 2.05) is 0 Å². The number of unbranched alkanes of at least 4 members (excludes halogenated alkanes) is 2. The second-order valence-electron chi connectivity index (χ2n) is 6.23. The van der Waals surface area contributed by atoms with E-state index in [-0.39, 0.29) is 5.78 Å². The van der Waals surface area contributed by atoms with Crippen LogP contribution in [0.2, 0.25) is 0 Å². The lowest BCUT2D eigenvalue weighted by Crippen LogP contribution is -2.60. The summed E-state index contributed by atoms with van der Waals surface area (Å²) in [6, 6.07) is 0. The molecule has 0 radical (unpaired) electrons. The highest BCUT2D eigenvalue weighted by Gasteiger charge is 2.35. The summed E-state index contributed by atoms with van der Waals surface area (Å²) >= 11 is 0. The van der Waals surface area contributed by atoms with Crippen molar-refractivity contribution in [3.63, 3.8) is 0 Å². The van der Waals surface area contributed by atoms with E-state index >= 15 is 0 Å². The van der Waals surface area contributed by atoms with Gasteiger partial charge in [-0.1, -0.05) is 19.8 Å². The van der Waals surface area contributed by atoms with Gasteiger partial charge in [0, 0.05) is 0 Å². The lowest BCUT2D eigenvalue weighted by Gasteiger charge is -2.30. The van der Waals surface area contributed by atoms with E-state index in [4.69, 9.17) is 4.74 Å². The Morgan fingerprint density at radius 2 is 1.52 bits per heavy atom. The summed E-state index contributed by atoms with van der Waals surface area (Å²) in [7, 11) is 0. The number of amides is 2. The molecule has 0 heterocycles. The molecule has 0 aromatic rings. The summed E-state index contributed by atoms with van der Waals surface area (Å²) in [4.78, 5) is 35.2. The molecule has 0 saturated carbocycles. The van der Waals surface area contributed by atoms with Crippen LogP contribution in [0.1, 0.15) is 60.8 Å². The van der Waals surface area contributed by atoms with Crippen molar-refractivity contribution in [1.29, 1.82) is 0 Å². The lowest BCUT2D eigenvalue weighted by molar-refractivity contribution is -0.133. The number of rotatable bonds is 8. The minimum absolute atomic E-state index is 0.159. The van der Waals surface area contributed by atoms with Crippen LogP contribution < -0.4 is 10.6 Å². The molecular weight excluding hydrogens is 272 g/mol. The van der Waals surface area contributed by atoms with Crippen molar-refractivity contribution < 1.29 is 19.1 Å². The quantitative estimate of drug-likeness (QED) is 0.673. The van der Waals surface area contributed by atoms with Crippen molar-refractivity contribution >= 4 is 17.8 Å². The maximum Gasteiger partial charge on any atom is 0.407 e. The van der Waals surface area contributed by atoms with Crippen LogP contribution in [0, 0.1) is 0 Å². The van der Waals surface area contributed by atoms with Crippen LogP contribution in [0.3, 0.4) is 0 Å². The Labute approximate surface area is 127 Å². The zero-order chi connectivity index (χ0) is 16.7.